The third-order valence-corrected chi connectivity index (χ3v) is 13.1. The lowest BCUT2D eigenvalue weighted by molar-refractivity contribution is 0.794. The molecule has 2 heterocycles. The Morgan fingerprint density at radius 3 is 1.38 bits per heavy atom. The second-order valence-electron chi connectivity index (χ2n) is 14.9. The van der Waals surface area contributed by atoms with Gasteiger partial charge in [0.05, 0.1) is 16.8 Å². The predicted molar refractivity (Wildman–Crippen MR) is 233 cm³/mol. The van der Waals surface area contributed by atoms with Crippen LogP contribution < -0.4 is 0 Å². The van der Waals surface area contributed by atoms with E-state index in [4.69, 9.17) is 9.97 Å². The van der Waals surface area contributed by atoms with Gasteiger partial charge < -0.3 is 0 Å². The summed E-state index contributed by atoms with van der Waals surface area (Å²) in [6, 6.07) is 70.8. The first-order chi connectivity index (χ1) is 27.7. The number of hydrogen-bond donors (Lipinski definition) is 0. The Balaban J connectivity index is 1.02. The summed E-state index contributed by atoms with van der Waals surface area (Å²) in [5.41, 5.74) is 17.8. The average molecular weight is 729 g/mol. The minimum atomic E-state index is -0.363. The van der Waals surface area contributed by atoms with E-state index in [1.54, 1.807) is 0 Å². The minimum absolute atomic E-state index is 0.363. The smallest absolute Gasteiger partial charge is 0.160 e. The number of rotatable bonds is 4. The zero-order valence-corrected chi connectivity index (χ0v) is 31.1. The van der Waals surface area contributed by atoms with E-state index in [0.717, 1.165) is 33.9 Å². The first-order valence-electron chi connectivity index (χ1n) is 19.1. The van der Waals surface area contributed by atoms with Crippen LogP contribution in [0.25, 0.3) is 87.5 Å². The molecular weight excluding hydrogens is 697 g/mol. The molecule has 56 heavy (non-hydrogen) atoms. The minimum Gasteiger partial charge on any atom is -0.228 e. The molecule has 0 bridgehead atoms. The fourth-order valence-electron chi connectivity index (χ4n) is 9.46. The second kappa shape index (κ2) is 12.0. The molecule has 1 spiro atoms. The van der Waals surface area contributed by atoms with Crippen LogP contribution in [0.2, 0.25) is 0 Å². The SMILES string of the molecule is c1ccc(-c2cc(-c3ccc4sc5ccc(-c6ccc7c(c6)C6(c8ccccc8-c8ccccc86)c6ccccc6-7)cc5c4c3)nc(-c3ccccc3)n2)cc1. The first kappa shape index (κ1) is 31.4. The highest BCUT2D eigenvalue weighted by atomic mass is 32.1. The van der Waals surface area contributed by atoms with Gasteiger partial charge in [-0.25, -0.2) is 9.97 Å². The van der Waals surface area contributed by atoms with Gasteiger partial charge in [-0.05, 0) is 92.0 Å². The second-order valence-corrected chi connectivity index (χ2v) is 15.9. The molecule has 8 aromatic carbocycles. The maximum atomic E-state index is 5.15. The zero-order valence-electron chi connectivity index (χ0n) is 30.3. The van der Waals surface area contributed by atoms with Crippen LogP contribution in [0.3, 0.4) is 0 Å². The Morgan fingerprint density at radius 2 is 0.768 bits per heavy atom. The highest BCUT2D eigenvalue weighted by molar-refractivity contribution is 7.25. The Labute approximate surface area is 329 Å². The largest absolute Gasteiger partial charge is 0.228 e. The number of fused-ring (bicyclic) bond motifs is 13. The molecule has 12 rings (SSSR count). The summed E-state index contributed by atoms with van der Waals surface area (Å²) in [7, 11) is 0. The van der Waals surface area contributed by atoms with Crippen LogP contribution in [0.15, 0.2) is 194 Å². The van der Waals surface area contributed by atoms with Gasteiger partial charge in [-0.3, -0.25) is 0 Å². The molecule has 0 aliphatic heterocycles. The third-order valence-electron chi connectivity index (χ3n) is 11.9. The standard InChI is InChI=1S/C53H32N2S/c1-3-13-33(14-4-1)48-32-49(55-52(54-48)34-15-5-2-6-16-34)37-25-28-51-43(30-37)42-29-35(24-27-50(42)56-51)36-23-26-41-40-19-9-12-22-46(40)53(47(41)31-36)44-20-10-7-17-38(44)39-18-8-11-21-45(39)53/h1-32H. The quantitative estimate of drug-likeness (QED) is 0.180. The molecule has 0 fully saturated rings. The summed E-state index contributed by atoms with van der Waals surface area (Å²) in [5, 5.41) is 2.51. The van der Waals surface area contributed by atoms with Crippen LogP contribution in [0.1, 0.15) is 22.3 Å². The fourth-order valence-corrected chi connectivity index (χ4v) is 10.5. The molecular formula is C53H32N2S. The molecule has 0 saturated carbocycles. The molecule has 0 N–H and O–H groups in total. The molecule has 0 radical (unpaired) electrons. The van der Waals surface area contributed by atoms with Gasteiger partial charge in [0.25, 0.3) is 0 Å². The van der Waals surface area contributed by atoms with Gasteiger partial charge in [0.15, 0.2) is 5.82 Å². The van der Waals surface area contributed by atoms with Crippen LogP contribution in [-0.4, -0.2) is 9.97 Å². The van der Waals surface area contributed by atoms with Gasteiger partial charge in [0.1, 0.15) is 0 Å². The van der Waals surface area contributed by atoms with Gasteiger partial charge in [-0.1, -0.05) is 158 Å². The van der Waals surface area contributed by atoms with Crippen LogP contribution >= 0.6 is 11.3 Å². The molecule has 2 nitrogen and oxygen atoms in total. The maximum absolute atomic E-state index is 5.15. The highest BCUT2D eigenvalue weighted by Gasteiger charge is 2.51. The average Bonchev–Trinajstić information content (AvgIpc) is 3.90. The van der Waals surface area contributed by atoms with E-state index < -0.39 is 0 Å². The predicted octanol–water partition coefficient (Wildman–Crippen LogP) is 13.9. The van der Waals surface area contributed by atoms with Crippen LogP contribution in [-0.2, 0) is 5.41 Å². The zero-order chi connectivity index (χ0) is 36.8. The Kier molecular flexibility index (Phi) is 6.75. The van der Waals surface area contributed by atoms with E-state index in [0.29, 0.717) is 0 Å². The number of nitrogens with zero attached hydrogens (tertiary/aromatic N) is 2. The summed E-state index contributed by atoms with van der Waals surface area (Å²) in [5.74, 6) is 0.726. The van der Waals surface area contributed by atoms with Gasteiger partial charge in [0, 0.05) is 36.9 Å². The van der Waals surface area contributed by atoms with Crippen molar-refractivity contribution in [2.24, 2.45) is 0 Å². The highest BCUT2D eigenvalue weighted by Crippen LogP contribution is 2.63. The number of thiophene rings is 1. The topological polar surface area (TPSA) is 25.8 Å². The summed E-state index contributed by atoms with van der Waals surface area (Å²) < 4.78 is 2.55. The van der Waals surface area contributed by atoms with Gasteiger partial charge in [-0.2, -0.15) is 0 Å². The van der Waals surface area contributed by atoms with E-state index in [1.165, 1.54) is 75.8 Å². The monoisotopic (exact) mass is 728 g/mol. The first-order valence-corrected chi connectivity index (χ1v) is 20.0. The molecule has 2 aliphatic carbocycles. The van der Waals surface area contributed by atoms with Crippen LogP contribution in [0.5, 0.6) is 0 Å². The molecule has 2 aliphatic rings. The van der Waals surface area contributed by atoms with Crippen molar-refractivity contribution in [2.45, 2.75) is 5.41 Å². The van der Waals surface area contributed by atoms with Crippen LogP contribution in [0, 0.1) is 0 Å². The Bertz CT molecular complexity index is 3080. The van der Waals surface area contributed by atoms with E-state index in [1.807, 2.05) is 35.6 Å². The lowest BCUT2D eigenvalue weighted by atomic mass is 9.70. The maximum Gasteiger partial charge on any atom is 0.160 e. The van der Waals surface area contributed by atoms with Crippen molar-refractivity contribution in [1.82, 2.24) is 9.97 Å². The molecule has 3 heteroatoms. The van der Waals surface area contributed by atoms with Crippen LogP contribution in [0.4, 0.5) is 0 Å². The van der Waals surface area contributed by atoms with Crippen molar-refractivity contribution >= 4 is 31.5 Å². The van der Waals surface area contributed by atoms with Crippen molar-refractivity contribution in [3.63, 3.8) is 0 Å². The summed E-state index contributed by atoms with van der Waals surface area (Å²) in [6.45, 7) is 0. The lowest BCUT2D eigenvalue weighted by Gasteiger charge is -2.30. The van der Waals surface area contributed by atoms with Crippen molar-refractivity contribution in [1.29, 1.82) is 0 Å². The molecule has 260 valence electrons. The number of hydrogen-bond acceptors (Lipinski definition) is 3. The van der Waals surface area contributed by atoms with Crippen molar-refractivity contribution in [2.75, 3.05) is 0 Å². The van der Waals surface area contributed by atoms with E-state index >= 15 is 0 Å². The van der Waals surface area contributed by atoms with Gasteiger partial charge >= 0.3 is 0 Å². The van der Waals surface area contributed by atoms with Crippen molar-refractivity contribution in [3.05, 3.63) is 216 Å². The Morgan fingerprint density at radius 1 is 0.321 bits per heavy atom. The molecule has 0 atom stereocenters. The molecule has 10 aromatic rings. The summed E-state index contributed by atoms with van der Waals surface area (Å²) in [6.07, 6.45) is 0. The van der Waals surface area contributed by atoms with E-state index in [2.05, 4.69) is 170 Å². The fraction of sp³-hybridized carbons (Fsp3) is 0.0189. The summed E-state index contributed by atoms with van der Waals surface area (Å²) in [4.78, 5) is 10.2. The molecule has 0 saturated heterocycles. The third kappa shape index (κ3) is 4.49. The number of aromatic nitrogens is 2. The molecule has 0 amide bonds. The molecule has 0 unspecified atom stereocenters. The van der Waals surface area contributed by atoms with Gasteiger partial charge in [-0.15, -0.1) is 11.3 Å². The van der Waals surface area contributed by atoms with E-state index in [-0.39, 0.29) is 5.41 Å². The molecule has 2 aromatic heterocycles. The Hall–Kier alpha value is -6.94. The normalized spacial score (nSPS) is 13.1. The van der Waals surface area contributed by atoms with E-state index in [9.17, 15) is 0 Å². The van der Waals surface area contributed by atoms with Crippen molar-refractivity contribution < 1.29 is 0 Å². The van der Waals surface area contributed by atoms with Crippen molar-refractivity contribution in [3.8, 4) is 67.3 Å². The summed E-state index contributed by atoms with van der Waals surface area (Å²) >= 11 is 1.85. The van der Waals surface area contributed by atoms with Gasteiger partial charge in [0.2, 0.25) is 0 Å². The lowest BCUT2D eigenvalue weighted by Crippen LogP contribution is -2.25. The number of benzene rings is 8.